The monoisotopic (exact) mass is 208 g/mol. The predicted molar refractivity (Wildman–Crippen MR) is 43.2 cm³/mol. The fraction of sp³-hybridized carbons (Fsp3) is 1.00. The van der Waals surface area contributed by atoms with Crippen molar-refractivity contribution >= 4 is 15.9 Å². The van der Waals surface area contributed by atoms with Gasteiger partial charge in [0.05, 0.1) is 18.0 Å². The lowest BCUT2D eigenvalue weighted by Gasteiger charge is -2.28. The van der Waals surface area contributed by atoms with E-state index in [-0.39, 0.29) is 6.29 Å². The molecule has 0 N–H and O–H groups in total. The second-order valence-electron chi connectivity index (χ2n) is 2.88. The Kier molecular flexibility index (Phi) is 3.14. The first-order valence-electron chi connectivity index (χ1n) is 3.57. The van der Waals surface area contributed by atoms with E-state index >= 15 is 0 Å². The molecule has 1 heterocycles. The van der Waals surface area contributed by atoms with Gasteiger partial charge in [0.15, 0.2) is 6.29 Å². The molecule has 0 bridgehead atoms. The van der Waals surface area contributed by atoms with Gasteiger partial charge in [-0.3, -0.25) is 0 Å². The molecular weight excluding hydrogens is 196 g/mol. The Morgan fingerprint density at radius 3 is 2.20 bits per heavy atom. The third-order valence-corrected chi connectivity index (χ3v) is 1.96. The molecule has 0 saturated carbocycles. The van der Waals surface area contributed by atoms with Crippen molar-refractivity contribution < 1.29 is 9.47 Å². The molecule has 2 nitrogen and oxygen atoms in total. The highest BCUT2D eigenvalue weighted by Gasteiger charge is 2.22. The number of hydrogen-bond donors (Lipinski definition) is 0. The van der Waals surface area contributed by atoms with Crippen LogP contribution in [0.25, 0.3) is 0 Å². The van der Waals surface area contributed by atoms with Crippen LogP contribution in [0.4, 0.5) is 0 Å². The lowest BCUT2D eigenvalue weighted by molar-refractivity contribution is -0.195. The molecule has 0 atom stereocenters. The summed E-state index contributed by atoms with van der Waals surface area (Å²) in [5.41, 5.74) is 0. The van der Waals surface area contributed by atoms with E-state index in [0.29, 0.717) is 10.7 Å². The van der Waals surface area contributed by atoms with Gasteiger partial charge in [-0.15, -0.1) is 0 Å². The van der Waals surface area contributed by atoms with Crippen LogP contribution in [0.15, 0.2) is 0 Å². The first-order chi connectivity index (χ1) is 4.70. The molecule has 0 aromatic carbocycles. The summed E-state index contributed by atoms with van der Waals surface area (Å²) in [6, 6.07) is 0. The van der Waals surface area contributed by atoms with Crippen molar-refractivity contribution in [3.05, 3.63) is 0 Å². The molecule has 60 valence electrons. The van der Waals surface area contributed by atoms with Gasteiger partial charge in [0.2, 0.25) is 0 Å². The molecule has 1 aliphatic heterocycles. The van der Waals surface area contributed by atoms with Crippen LogP contribution in [0.1, 0.15) is 13.8 Å². The van der Waals surface area contributed by atoms with E-state index < -0.39 is 0 Å². The van der Waals surface area contributed by atoms with Crippen LogP contribution in [-0.2, 0) is 9.47 Å². The Hall–Kier alpha value is 0.400. The molecule has 3 heteroatoms. The maximum atomic E-state index is 5.38. The van der Waals surface area contributed by atoms with Crippen LogP contribution in [0, 0.1) is 5.92 Å². The SMILES string of the molecule is CC(C)C1OCC(Br)CO1. The van der Waals surface area contributed by atoms with E-state index in [2.05, 4.69) is 29.8 Å². The van der Waals surface area contributed by atoms with Crippen LogP contribution in [0.5, 0.6) is 0 Å². The highest BCUT2D eigenvalue weighted by Crippen LogP contribution is 2.16. The predicted octanol–water partition coefficient (Wildman–Crippen LogP) is 1.78. The van der Waals surface area contributed by atoms with Crippen molar-refractivity contribution in [2.45, 2.75) is 25.0 Å². The third kappa shape index (κ3) is 2.22. The summed E-state index contributed by atoms with van der Waals surface area (Å²) in [6.45, 7) is 5.73. The van der Waals surface area contributed by atoms with Gasteiger partial charge < -0.3 is 9.47 Å². The third-order valence-electron chi connectivity index (χ3n) is 1.43. The maximum Gasteiger partial charge on any atom is 0.159 e. The number of rotatable bonds is 1. The average molecular weight is 209 g/mol. The van der Waals surface area contributed by atoms with Crippen molar-refractivity contribution in [3.63, 3.8) is 0 Å². The molecule has 0 aromatic heterocycles. The van der Waals surface area contributed by atoms with Gasteiger partial charge in [0.25, 0.3) is 0 Å². The van der Waals surface area contributed by atoms with Crippen LogP contribution >= 0.6 is 15.9 Å². The molecule has 1 aliphatic rings. The molecule has 10 heavy (non-hydrogen) atoms. The van der Waals surface area contributed by atoms with Gasteiger partial charge in [0.1, 0.15) is 0 Å². The number of ether oxygens (including phenoxy) is 2. The van der Waals surface area contributed by atoms with Crippen LogP contribution < -0.4 is 0 Å². The number of hydrogen-bond acceptors (Lipinski definition) is 2. The first-order valence-corrected chi connectivity index (χ1v) is 4.49. The van der Waals surface area contributed by atoms with Gasteiger partial charge in [-0.2, -0.15) is 0 Å². The Balaban J connectivity index is 2.26. The zero-order chi connectivity index (χ0) is 7.56. The quantitative estimate of drug-likeness (QED) is 0.613. The smallest absolute Gasteiger partial charge is 0.159 e. The fourth-order valence-electron chi connectivity index (χ4n) is 0.880. The minimum atomic E-state index is 0.00815. The van der Waals surface area contributed by atoms with E-state index in [0.717, 1.165) is 13.2 Å². The molecule has 1 rings (SSSR count). The van der Waals surface area contributed by atoms with Gasteiger partial charge in [-0.25, -0.2) is 0 Å². The molecule has 0 amide bonds. The van der Waals surface area contributed by atoms with Crippen LogP contribution in [0.3, 0.4) is 0 Å². The Morgan fingerprint density at radius 1 is 1.30 bits per heavy atom. The average Bonchev–Trinajstić information content (AvgIpc) is 1.88. The second kappa shape index (κ2) is 3.69. The van der Waals surface area contributed by atoms with E-state index in [1.807, 2.05) is 0 Å². The van der Waals surface area contributed by atoms with Crippen LogP contribution in [0.2, 0.25) is 0 Å². The lowest BCUT2D eigenvalue weighted by Crippen LogP contribution is -2.35. The van der Waals surface area contributed by atoms with Crippen molar-refractivity contribution in [2.75, 3.05) is 13.2 Å². The topological polar surface area (TPSA) is 18.5 Å². The van der Waals surface area contributed by atoms with Crippen molar-refractivity contribution in [3.8, 4) is 0 Å². The highest BCUT2D eigenvalue weighted by molar-refractivity contribution is 9.09. The maximum absolute atomic E-state index is 5.38. The van der Waals surface area contributed by atoms with Crippen molar-refractivity contribution in [1.29, 1.82) is 0 Å². The zero-order valence-corrected chi connectivity index (χ0v) is 7.93. The Labute approximate surface area is 70.0 Å². The first kappa shape index (κ1) is 8.50. The second-order valence-corrected chi connectivity index (χ2v) is 4.17. The van der Waals surface area contributed by atoms with Gasteiger partial charge in [-0.05, 0) is 0 Å². The van der Waals surface area contributed by atoms with Crippen molar-refractivity contribution in [1.82, 2.24) is 0 Å². The minimum Gasteiger partial charge on any atom is -0.351 e. The molecule has 0 spiro atoms. The summed E-state index contributed by atoms with van der Waals surface area (Å²) in [6.07, 6.45) is 0.00815. The normalized spacial score (nSPS) is 34.8. The minimum absolute atomic E-state index is 0.00815. The molecule has 1 fully saturated rings. The van der Waals surface area contributed by atoms with Gasteiger partial charge in [0, 0.05) is 5.92 Å². The summed E-state index contributed by atoms with van der Waals surface area (Å²) in [4.78, 5) is 0.377. The zero-order valence-electron chi connectivity index (χ0n) is 6.34. The Morgan fingerprint density at radius 2 is 1.80 bits per heavy atom. The van der Waals surface area contributed by atoms with Crippen LogP contribution in [-0.4, -0.2) is 24.3 Å². The molecule has 0 aliphatic carbocycles. The fourth-order valence-corrected chi connectivity index (χ4v) is 1.18. The lowest BCUT2D eigenvalue weighted by atomic mass is 10.2. The molecule has 0 aromatic rings. The number of alkyl halides is 1. The molecule has 0 unspecified atom stereocenters. The standard InChI is InChI=1S/C7H13BrO2/c1-5(2)7-9-3-6(8)4-10-7/h5-7H,3-4H2,1-2H3. The van der Waals surface area contributed by atoms with E-state index in [4.69, 9.17) is 9.47 Å². The molecular formula is C7H13BrO2. The molecule has 1 saturated heterocycles. The summed E-state index contributed by atoms with van der Waals surface area (Å²) in [7, 11) is 0. The largest absolute Gasteiger partial charge is 0.351 e. The number of halogens is 1. The van der Waals surface area contributed by atoms with Gasteiger partial charge >= 0.3 is 0 Å². The summed E-state index contributed by atoms with van der Waals surface area (Å²) in [5, 5.41) is 0. The summed E-state index contributed by atoms with van der Waals surface area (Å²) in [5.74, 6) is 0.458. The van der Waals surface area contributed by atoms with E-state index in [1.165, 1.54) is 0 Å². The van der Waals surface area contributed by atoms with E-state index in [1.54, 1.807) is 0 Å². The Bertz CT molecular complexity index is 97.8. The summed E-state index contributed by atoms with van der Waals surface area (Å²) >= 11 is 3.41. The van der Waals surface area contributed by atoms with Gasteiger partial charge in [-0.1, -0.05) is 29.8 Å². The molecule has 0 radical (unpaired) electrons. The summed E-state index contributed by atoms with van der Waals surface area (Å²) < 4.78 is 10.8. The van der Waals surface area contributed by atoms with Crippen molar-refractivity contribution in [2.24, 2.45) is 5.92 Å². The highest BCUT2D eigenvalue weighted by atomic mass is 79.9. The van der Waals surface area contributed by atoms with E-state index in [9.17, 15) is 0 Å².